The van der Waals surface area contributed by atoms with Gasteiger partial charge in [0.15, 0.2) is 0 Å². The Hall–Kier alpha value is -7.11. The van der Waals surface area contributed by atoms with Gasteiger partial charge in [-0.3, -0.25) is 33.7 Å². The number of carbonyl (C=O) groups is 7. The number of ether oxygens (including phenoxy) is 1. The number of H-pyrrole nitrogens is 1. The molecule has 3 aliphatic heterocycles. The lowest BCUT2D eigenvalue weighted by Gasteiger charge is -2.31. The number of piperazine rings is 1. The number of benzene rings is 4. The maximum absolute atomic E-state index is 14.2. The van der Waals surface area contributed by atoms with Gasteiger partial charge in [-0.05, 0) is 112 Å². The van der Waals surface area contributed by atoms with Gasteiger partial charge in [-0.25, -0.2) is 4.79 Å². The number of hydrogen-bond acceptors (Lipinski definition) is 10. The Morgan fingerprint density at radius 2 is 1.49 bits per heavy atom. The largest absolute Gasteiger partial charge is 0.415 e. The molecule has 4 aromatic carbocycles. The number of anilines is 3. The van der Waals surface area contributed by atoms with Gasteiger partial charge in [0.1, 0.15) is 17.5 Å². The number of likely N-dealkylation sites (tertiary alicyclic amines) is 1. The number of fused-ring (bicyclic) bond motifs is 4. The lowest BCUT2D eigenvalue weighted by molar-refractivity contribution is -0.138. The maximum atomic E-state index is 14.2. The number of imide groups is 1. The van der Waals surface area contributed by atoms with Crippen LogP contribution in [0.25, 0.3) is 21.7 Å². The molecule has 350 valence electrons. The van der Waals surface area contributed by atoms with E-state index in [1.807, 2.05) is 31.3 Å². The summed E-state index contributed by atoms with van der Waals surface area (Å²) in [5, 5.41) is 11.1. The van der Waals surface area contributed by atoms with Gasteiger partial charge in [0, 0.05) is 97.8 Å². The highest BCUT2D eigenvalue weighted by Gasteiger charge is 2.31. The lowest BCUT2D eigenvalue weighted by Crippen LogP contribution is -2.48. The van der Waals surface area contributed by atoms with Crippen molar-refractivity contribution in [3.05, 3.63) is 95.7 Å². The van der Waals surface area contributed by atoms with E-state index < -0.39 is 12.1 Å². The van der Waals surface area contributed by atoms with Crippen LogP contribution in [-0.4, -0.2) is 120 Å². The Morgan fingerprint density at radius 1 is 0.761 bits per heavy atom. The Morgan fingerprint density at radius 3 is 2.24 bits per heavy atom. The average molecular weight is 912 g/mol. The van der Waals surface area contributed by atoms with E-state index in [0.717, 1.165) is 34.8 Å². The van der Waals surface area contributed by atoms with Gasteiger partial charge in [0.2, 0.25) is 23.6 Å². The summed E-state index contributed by atoms with van der Waals surface area (Å²) in [5.41, 5.74) is 9.80. The molecule has 17 heteroatoms. The van der Waals surface area contributed by atoms with Gasteiger partial charge in [-0.15, -0.1) is 0 Å². The van der Waals surface area contributed by atoms with Gasteiger partial charge in [-0.2, -0.15) is 0 Å². The summed E-state index contributed by atoms with van der Waals surface area (Å²) in [6.07, 6.45) is 4.50. The number of nitrogens with two attached hydrogens (primary N) is 1. The smallest absolute Gasteiger partial charge is 0.409 e. The van der Waals surface area contributed by atoms with Crippen molar-refractivity contribution in [3.63, 3.8) is 0 Å². The summed E-state index contributed by atoms with van der Waals surface area (Å²) in [6.45, 7) is 3.95. The first kappa shape index (κ1) is 46.4. The number of rotatable bonds is 17. The van der Waals surface area contributed by atoms with Crippen LogP contribution in [0.3, 0.4) is 0 Å². The Kier molecular flexibility index (Phi) is 14.6. The number of hydrogen-bond donors (Lipinski definition) is 5. The highest BCUT2D eigenvalue weighted by atomic mass is 16.6. The molecule has 0 bridgehead atoms. The van der Waals surface area contributed by atoms with E-state index in [1.54, 1.807) is 64.4 Å². The second-order valence-corrected chi connectivity index (χ2v) is 17.4. The van der Waals surface area contributed by atoms with Crippen molar-refractivity contribution in [2.24, 2.45) is 5.73 Å². The minimum absolute atomic E-state index is 0.150. The van der Waals surface area contributed by atoms with Crippen molar-refractivity contribution in [2.75, 3.05) is 68.4 Å². The predicted octanol–water partition coefficient (Wildman–Crippen LogP) is 5.78. The fourth-order valence-corrected chi connectivity index (χ4v) is 8.92. The number of nitrogens with one attached hydrogen (secondary N) is 4. The Labute approximate surface area is 388 Å². The van der Waals surface area contributed by atoms with Crippen LogP contribution in [0.1, 0.15) is 84.2 Å². The van der Waals surface area contributed by atoms with Gasteiger partial charge >= 0.3 is 6.09 Å². The molecule has 67 heavy (non-hydrogen) atoms. The molecule has 0 spiro atoms. The summed E-state index contributed by atoms with van der Waals surface area (Å²) in [4.78, 5) is 101. The van der Waals surface area contributed by atoms with Crippen LogP contribution in [0, 0.1) is 0 Å². The third-order valence-electron chi connectivity index (χ3n) is 12.7. The topological polar surface area (TPSA) is 220 Å². The molecule has 0 aliphatic carbocycles. The highest BCUT2D eigenvalue weighted by molar-refractivity contribution is 6.12. The fraction of sp³-hybridized carbons (Fsp3) is 0.380. The zero-order valence-electron chi connectivity index (χ0n) is 37.7. The summed E-state index contributed by atoms with van der Waals surface area (Å²) in [5.74, 6) is -1.15. The van der Waals surface area contributed by atoms with Gasteiger partial charge in [-0.1, -0.05) is 30.7 Å². The number of amides is 7. The van der Waals surface area contributed by atoms with E-state index in [-0.39, 0.29) is 54.7 Å². The monoisotopic (exact) mass is 911 g/mol. The molecule has 4 heterocycles. The van der Waals surface area contributed by atoms with Crippen LogP contribution < -0.4 is 31.3 Å². The molecule has 1 atom stereocenters. The van der Waals surface area contributed by atoms with Gasteiger partial charge < -0.3 is 46.1 Å². The number of aromatic amines is 1. The molecule has 6 N–H and O–H groups in total. The summed E-state index contributed by atoms with van der Waals surface area (Å²) >= 11 is 0. The van der Waals surface area contributed by atoms with Crippen molar-refractivity contribution in [2.45, 2.75) is 70.3 Å². The quantitative estimate of drug-likeness (QED) is 0.0559. The number of likely N-dealkylation sites (N-methyl/N-ethyl adjacent to an activating group) is 1. The van der Waals surface area contributed by atoms with Crippen molar-refractivity contribution in [1.82, 2.24) is 25.0 Å². The van der Waals surface area contributed by atoms with Crippen molar-refractivity contribution in [3.8, 4) is 5.75 Å². The first-order chi connectivity index (χ1) is 32.4. The summed E-state index contributed by atoms with van der Waals surface area (Å²) < 4.78 is 6.01. The Bertz CT molecular complexity index is 2680. The summed E-state index contributed by atoms with van der Waals surface area (Å²) in [7, 11) is 2.02. The number of aromatic nitrogens is 1. The van der Waals surface area contributed by atoms with Crippen LogP contribution in [0.15, 0.2) is 78.9 Å². The standard InChI is InChI=1S/C50H57N9O8/c1-56-25-27-57(28-26-56)50(66)67-43-31-42-37(36-9-4-5-10-38(36)43)21-24-58(42)49(65)41-30-33-29-35(17-18-39(33)54-41)53-47(63)32-13-15-34(16-14-32)52-48(64)40(11-6-7-22-51)55-44(60)12-3-2-8-23-59-45(61)19-20-46(59)62/h4-5,9-10,13-18,29-31,40,54H,2-3,6-8,11-12,19-28,51H2,1H3,(H,52,64)(H,53,63)(H,55,60)/t40-/m0/s1. The predicted molar refractivity (Wildman–Crippen MR) is 255 cm³/mol. The molecule has 0 saturated carbocycles. The number of nitrogens with zero attached hydrogens (tertiary/aromatic N) is 4. The molecule has 2 fully saturated rings. The first-order valence-electron chi connectivity index (χ1n) is 23.1. The molecule has 3 aliphatic rings. The molecule has 1 aromatic heterocycles. The minimum Gasteiger partial charge on any atom is -0.409 e. The average Bonchev–Trinajstić information content (AvgIpc) is 4.05. The molecule has 0 radical (unpaired) electrons. The van der Waals surface area contributed by atoms with Gasteiger partial charge in [0.05, 0.1) is 5.69 Å². The van der Waals surface area contributed by atoms with Crippen LogP contribution >= 0.6 is 0 Å². The number of unbranched alkanes of at least 4 members (excludes halogenated alkanes) is 3. The normalized spacial score (nSPS) is 15.5. The first-order valence-corrected chi connectivity index (χ1v) is 23.1. The van der Waals surface area contributed by atoms with E-state index >= 15 is 0 Å². The molecule has 8 rings (SSSR count). The highest BCUT2D eigenvalue weighted by Crippen LogP contribution is 2.41. The molecule has 2 saturated heterocycles. The molecular formula is C50H57N9O8. The third-order valence-corrected chi connectivity index (χ3v) is 12.7. The molecule has 17 nitrogen and oxygen atoms in total. The zero-order chi connectivity index (χ0) is 47.0. The summed E-state index contributed by atoms with van der Waals surface area (Å²) in [6, 6.07) is 22.3. The van der Waals surface area contributed by atoms with E-state index in [4.69, 9.17) is 10.5 Å². The van der Waals surface area contributed by atoms with E-state index in [1.165, 1.54) is 4.90 Å². The lowest BCUT2D eigenvalue weighted by atomic mass is 10.0. The maximum Gasteiger partial charge on any atom is 0.415 e. The molecule has 7 amide bonds. The van der Waals surface area contributed by atoms with E-state index in [2.05, 4.69) is 25.8 Å². The SMILES string of the molecule is CN1CCN(C(=O)Oc2cc3c(c4ccccc24)CCN3C(=O)c2cc3cc(NC(=O)c4ccc(NC(=O)[C@H](CCCCN)NC(=O)CCCCCN5C(=O)CCC5=O)cc4)ccc3[nH]2)CC1. The van der Waals surface area contributed by atoms with Crippen molar-refractivity contribution in [1.29, 1.82) is 0 Å². The van der Waals surface area contributed by atoms with Crippen molar-refractivity contribution >= 4 is 80.3 Å². The minimum atomic E-state index is -0.788. The van der Waals surface area contributed by atoms with E-state index in [0.29, 0.717) is 117 Å². The van der Waals surface area contributed by atoms with Crippen molar-refractivity contribution < 1.29 is 38.3 Å². The second kappa shape index (κ2) is 21.0. The fourth-order valence-electron chi connectivity index (χ4n) is 8.92. The van der Waals surface area contributed by atoms with Crippen LogP contribution in [0.4, 0.5) is 21.9 Å². The van der Waals surface area contributed by atoms with Crippen LogP contribution in [0.2, 0.25) is 0 Å². The third kappa shape index (κ3) is 11.0. The van der Waals surface area contributed by atoms with Gasteiger partial charge in [0.25, 0.3) is 11.8 Å². The Balaban J connectivity index is 0.865. The number of carbonyl (C=O) groups excluding carboxylic acids is 7. The molecule has 5 aromatic rings. The molecule has 0 unspecified atom stereocenters. The molecular weight excluding hydrogens is 855 g/mol. The zero-order valence-corrected chi connectivity index (χ0v) is 37.7. The van der Waals surface area contributed by atoms with Crippen LogP contribution in [0.5, 0.6) is 5.75 Å². The second-order valence-electron chi connectivity index (χ2n) is 17.4. The van der Waals surface area contributed by atoms with E-state index in [9.17, 15) is 33.6 Å². The van der Waals surface area contributed by atoms with Crippen LogP contribution in [-0.2, 0) is 25.6 Å².